The number of nitrogens with one attached hydrogen (secondary N) is 1. The molecule has 0 unspecified atom stereocenters. The summed E-state index contributed by atoms with van der Waals surface area (Å²) in [7, 11) is 1.37. The molecule has 0 heterocycles. The summed E-state index contributed by atoms with van der Waals surface area (Å²) in [5.41, 5.74) is 0.497. The SMILES string of the molecule is C/C=C/C(=O)Nc1ccc(F)c(OC)c1. The standard InChI is InChI=1S/C11H12FNO2/c1-3-4-11(14)13-8-5-6-9(12)10(7-8)15-2/h3-7H,1-2H3,(H,13,14)/b4-3+. The summed E-state index contributed by atoms with van der Waals surface area (Å²) in [4.78, 5) is 11.2. The third-order valence-electron chi connectivity index (χ3n) is 1.74. The lowest BCUT2D eigenvalue weighted by Crippen LogP contribution is -2.07. The van der Waals surface area contributed by atoms with Gasteiger partial charge in [-0.05, 0) is 25.1 Å². The summed E-state index contributed by atoms with van der Waals surface area (Å²) in [5.74, 6) is -0.610. The van der Waals surface area contributed by atoms with Crippen molar-refractivity contribution in [3.05, 3.63) is 36.2 Å². The molecule has 0 aliphatic heterocycles. The molecule has 0 bridgehead atoms. The smallest absolute Gasteiger partial charge is 0.248 e. The van der Waals surface area contributed by atoms with Gasteiger partial charge >= 0.3 is 0 Å². The molecule has 3 nitrogen and oxygen atoms in total. The van der Waals surface area contributed by atoms with Crippen molar-refractivity contribution in [3.63, 3.8) is 0 Å². The molecule has 0 radical (unpaired) electrons. The zero-order valence-electron chi connectivity index (χ0n) is 8.58. The van der Waals surface area contributed by atoms with Crippen LogP contribution in [0.5, 0.6) is 5.75 Å². The highest BCUT2D eigenvalue weighted by molar-refractivity contribution is 5.99. The van der Waals surface area contributed by atoms with Crippen LogP contribution in [0, 0.1) is 5.82 Å². The Balaban J connectivity index is 2.83. The number of methoxy groups -OCH3 is 1. The number of anilines is 1. The van der Waals surface area contributed by atoms with Crippen LogP contribution in [0.1, 0.15) is 6.92 Å². The Hall–Kier alpha value is -1.84. The van der Waals surface area contributed by atoms with Crippen LogP contribution in [-0.4, -0.2) is 13.0 Å². The molecule has 0 aliphatic carbocycles. The van der Waals surface area contributed by atoms with Crippen molar-refractivity contribution in [2.75, 3.05) is 12.4 Å². The van der Waals surface area contributed by atoms with Crippen molar-refractivity contribution >= 4 is 11.6 Å². The van der Waals surface area contributed by atoms with Crippen molar-refractivity contribution < 1.29 is 13.9 Å². The summed E-state index contributed by atoms with van der Waals surface area (Å²) in [6.45, 7) is 1.74. The Kier molecular flexibility index (Phi) is 3.85. The van der Waals surface area contributed by atoms with Crippen LogP contribution < -0.4 is 10.1 Å². The van der Waals surface area contributed by atoms with Gasteiger partial charge in [-0.3, -0.25) is 4.79 Å². The molecule has 1 amide bonds. The average Bonchev–Trinajstić information content (AvgIpc) is 2.21. The number of hydrogen-bond donors (Lipinski definition) is 1. The second kappa shape index (κ2) is 5.14. The van der Waals surface area contributed by atoms with Crippen molar-refractivity contribution in [3.8, 4) is 5.75 Å². The summed E-state index contributed by atoms with van der Waals surface area (Å²) in [6.07, 6.45) is 3.01. The van der Waals surface area contributed by atoms with Crippen LogP contribution in [0.15, 0.2) is 30.4 Å². The van der Waals surface area contributed by atoms with Crippen LogP contribution in [-0.2, 0) is 4.79 Å². The first-order chi connectivity index (χ1) is 7.17. The van der Waals surface area contributed by atoms with Crippen molar-refractivity contribution in [2.45, 2.75) is 6.92 Å². The molecular weight excluding hydrogens is 197 g/mol. The van der Waals surface area contributed by atoms with Crippen LogP contribution in [0.25, 0.3) is 0 Å². The number of carbonyl (C=O) groups is 1. The first-order valence-corrected chi connectivity index (χ1v) is 4.44. The van der Waals surface area contributed by atoms with Crippen LogP contribution in [0.2, 0.25) is 0 Å². The Morgan fingerprint density at radius 3 is 2.87 bits per heavy atom. The molecule has 15 heavy (non-hydrogen) atoms. The average molecular weight is 209 g/mol. The first kappa shape index (κ1) is 11.2. The predicted octanol–water partition coefficient (Wildman–Crippen LogP) is 2.35. The molecule has 0 spiro atoms. The Bertz CT molecular complexity index is 388. The fourth-order valence-corrected chi connectivity index (χ4v) is 1.07. The molecule has 4 heteroatoms. The van der Waals surface area contributed by atoms with Crippen molar-refractivity contribution in [1.82, 2.24) is 0 Å². The quantitative estimate of drug-likeness (QED) is 0.776. The number of ether oxygens (including phenoxy) is 1. The molecule has 1 aromatic carbocycles. The van der Waals surface area contributed by atoms with E-state index in [2.05, 4.69) is 5.32 Å². The monoisotopic (exact) mass is 209 g/mol. The minimum Gasteiger partial charge on any atom is -0.494 e. The van der Waals surface area contributed by atoms with Gasteiger partial charge in [-0.1, -0.05) is 6.08 Å². The lowest BCUT2D eigenvalue weighted by Gasteiger charge is -2.05. The molecule has 1 rings (SSSR count). The van der Waals surface area contributed by atoms with E-state index in [0.29, 0.717) is 5.69 Å². The molecule has 1 N–H and O–H groups in total. The number of benzene rings is 1. The Morgan fingerprint density at radius 1 is 1.53 bits per heavy atom. The fraction of sp³-hybridized carbons (Fsp3) is 0.182. The maximum absolute atomic E-state index is 13.0. The van der Waals surface area contributed by atoms with E-state index in [4.69, 9.17) is 4.74 Å². The van der Waals surface area contributed by atoms with Crippen molar-refractivity contribution in [2.24, 2.45) is 0 Å². The number of rotatable bonds is 3. The number of hydrogen-bond acceptors (Lipinski definition) is 2. The number of halogens is 1. The van der Waals surface area contributed by atoms with Gasteiger partial charge in [0.25, 0.3) is 0 Å². The molecule has 0 aromatic heterocycles. The summed E-state index contributed by atoms with van der Waals surface area (Å²) >= 11 is 0. The van der Waals surface area contributed by atoms with E-state index in [0.717, 1.165) is 0 Å². The second-order valence-electron chi connectivity index (χ2n) is 2.84. The number of allylic oxidation sites excluding steroid dienone is 1. The van der Waals surface area contributed by atoms with E-state index in [-0.39, 0.29) is 11.7 Å². The molecule has 0 saturated heterocycles. The van der Waals surface area contributed by atoms with E-state index in [1.54, 1.807) is 13.0 Å². The van der Waals surface area contributed by atoms with Gasteiger partial charge in [0.05, 0.1) is 7.11 Å². The third-order valence-corrected chi connectivity index (χ3v) is 1.74. The first-order valence-electron chi connectivity index (χ1n) is 4.44. The van der Waals surface area contributed by atoms with Gasteiger partial charge in [0.1, 0.15) is 0 Å². The van der Waals surface area contributed by atoms with Gasteiger partial charge in [-0.25, -0.2) is 4.39 Å². The highest BCUT2D eigenvalue weighted by Gasteiger charge is 2.04. The maximum Gasteiger partial charge on any atom is 0.248 e. The minimum atomic E-state index is -0.457. The molecule has 1 aromatic rings. The predicted molar refractivity (Wildman–Crippen MR) is 56.4 cm³/mol. The summed E-state index contributed by atoms with van der Waals surface area (Å²) in [5, 5.41) is 2.57. The third kappa shape index (κ3) is 3.09. The second-order valence-corrected chi connectivity index (χ2v) is 2.84. The van der Waals surface area contributed by atoms with Crippen molar-refractivity contribution in [1.29, 1.82) is 0 Å². The largest absolute Gasteiger partial charge is 0.494 e. The van der Waals surface area contributed by atoms with Gasteiger partial charge in [0.15, 0.2) is 11.6 Å². The Morgan fingerprint density at radius 2 is 2.27 bits per heavy atom. The van der Waals surface area contributed by atoms with Gasteiger partial charge in [0.2, 0.25) is 5.91 Å². The van der Waals surface area contributed by atoms with E-state index < -0.39 is 5.82 Å². The zero-order valence-corrected chi connectivity index (χ0v) is 8.58. The molecule has 0 fully saturated rings. The van der Waals surface area contributed by atoms with Crippen LogP contribution >= 0.6 is 0 Å². The normalized spacial score (nSPS) is 10.3. The maximum atomic E-state index is 13.0. The van der Waals surface area contributed by atoms with Crippen LogP contribution in [0.4, 0.5) is 10.1 Å². The molecular formula is C11H12FNO2. The highest BCUT2D eigenvalue weighted by atomic mass is 19.1. The minimum absolute atomic E-state index is 0.105. The molecule has 0 saturated carbocycles. The number of amides is 1. The van der Waals surface area contributed by atoms with E-state index in [9.17, 15) is 9.18 Å². The van der Waals surface area contributed by atoms with Gasteiger partial charge < -0.3 is 10.1 Å². The molecule has 0 aliphatic rings. The summed E-state index contributed by atoms with van der Waals surface area (Å²) in [6, 6.07) is 4.14. The fourth-order valence-electron chi connectivity index (χ4n) is 1.07. The van der Waals surface area contributed by atoms with Gasteiger partial charge in [-0.2, -0.15) is 0 Å². The molecule has 80 valence electrons. The number of carbonyl (C=O) groups excluding carboxylic acids is 1. The van der Waals surface area contributed by atoms with E-state index >= 15 is 0 Å². The zero-order chi connectivity index (χ0) is 11.3. The lowest BCUT2D eigenvalue weighted by atomic mass is 10.3. The van der Waals surface area contributed by atoms with Gasteiger partial charge in [0, 0.05) is 11.8 Å². The Labute approximate surface area is 87.6 Å². The molecule has 0 atom stereocenters. The van der Waals surface area contributed by atoms with Gasteiger partial charge in [-0.15, -0.1) is 0 Å². The highest BCUT2D eigenvalue weighted by Crippen LogP contribution is 2.21. The van der Waals surface area contributed by atoms with E-state index in [1.807, 2.05) is 0 Å². The van der Waals surface area contributed by atoms with Crippen LogP contribution in [0.3, 0.4) is 0 Å². The lowest BCUT2D eigenvalue weighted by molar-refractivity contribution is -0.111. The summed E-state index contributed by atoms with van der Waals surface area (Å²) < 4.78 is 17.8. The topological polar surface area (TPSA) is 38.3 Å². The van der Waals surface area contributed by atoms with E-state index in [1.165, 1.54) is 31.4 Å².